The Labute approximate surface area is 114 Å². The first-order chi connectivity index (χ1) is 8.08. The predicted molar refractivity (Wildman–Crippen MR) is 76.2 cm³/mol. The fourth-order valence-electron chi connectivity index (χ4n) is 1.54. The van der Waals surface area contributed by atoms with Gasteiger partial charge in [-0.3, -0.25) is 0 Å². The van der Waals surface area contributed by atoms with Gasteiger partial charge in [-0.1, -0.05) is 29.3 Å². The largest absolute Gasteiger partial charge is 0.328 e. The van der Waals surface area contributed by atoms with Gasteiger partial charge in [0, 0.05) is 23.4 Å². The van der Waals surface area contributed by atoms with Crippen LogP contribution in [0.2, 0.25) is 5.02 Å². The second kappa shape index (κ2) is 5.07. The molecule has 0 bridgehead atoms. The van der Waals surface area contributed by atoms with Crippen molar-refractivity contribution in [2.45, 2.75) is 6.92 Å². The zero-order chi connectivity index (χ0) is 12.4. The highest BCUT2D eigenvalue weighted by Crippen LogP contribution is 2.30. The van der Waals surface area contributed by atoms with Gasteiger partial charge in [-0.05, 0) is 41.1 Å². The van der Waals surface area contributed by atoms with Gasteiger partial charge >= 0.3 is 0 Å². The van der Waals surface area contributed by atoms with E-state index in [1.165, 1.54) is 5.56 Å². The minimum Gasteiger partial charge on any atom is -0.328 e. The quantitative estimate of drug-likeness (QED) is 0.807. The summed E-state index contributed by atoms with van der Waals surface area (Å²) in [4.78, 5) is 6.29. The summed E-state index contributed by atoms with van der Waals surface area (Å²) in [6.07, 6.45) is 1.74. The average molecular weight is 312 g/mol. The molecule has 0 radical (unpaired) electrons. The number of halogens is 2. The lowest BCUT2D eigenvalue weighted by atomic mass is 10.2. The van der Waals surface area contributed by atoms with Crippen LogP contribution in [0, 0.1) is 6.92 Å². The number of rotatable bonds is 2. The molecule has 1 aromatic heterocycles. The molecule has 0 saturated carbocycles. The van der Waals surface area contributed by atoms with Crippen molar-refractivity contribution in [3.05, 3.63) is 51.6 Å². The van der Waals surface area contributed by atoms with Gasteiger partial charge in [0.05, 0.1) is 5.02 Å². The van der Waals surface area contributed by atoms with Crippen LogP contribution in [-0.4, -0.2) is 12.0 Å². The van der Waals surface area contributed by atoms with Crippen LogP contribution in [0.5, 0.6) is 0 Å². The normalized spacial score (nSPS) is 10.4. The lowest BCUT2D eigenvalue weighted by Crippen LogP contribution is -2.11. The maximum atomic E-state index is 6.17. The summed E-state index contributed by atoms with van der Waals surface area (Å²) in [6, 6.07) is 10.1. The molecule has 0 atom stereocenters. The Bertz CT molecular complexity index is 525. The molecule has 88 valence electrons. The van der Waals surface area contributed by atoms with E-state index >= 15 is 0 Å². The first kappa shape index (κ1) is 12.4. The number of hydrogen-bond donors (Lipinski definition) is 0. The molecule has 0 fully saturated rings. The van der Waals surface area contributed by atoms with Gasteiger partial charge in [-0.25, -0.2) is 4.98 Å². The molecule has 1 heterocycles. The third-order valence-corrected chi connectivity index (χ3v) is 3.24. The smallest absolute Gasteiger partial charge is 0.151 e. The van der Waals surface area contributed by atoms with Crippen molar-refractivity contribution in [3.8, 4) is 0 Å². The Hall–Kier alpha value is -1.06. The first-order valence-electron chi connectivity index (χ1n) is 5.19. The molecule has 17 heavy (non-hydrogen) atoms. The molecule has 0 aliphatic carbocycles. The lowest BCUT2D eigenvalue weighted by molar-refractivity contribution is 1.12. The monoisotopic (exact) mass is 310 g/mol. The van der Waals surface area contributed by atoms with Gasteiger partial charge in [0.15, 0.2) is 5.82 Å². The second-order valence-corrected chi connectivity index (χ2v) is 5.18. The SMILES string of the molecule is Cc1ccc(N(C)c2ncc(Br)cc2Cl)cc1. The Morgan fingerprint density at radius 2 is 1.88 bits per heavy atom. The zero-order valence-electron chi connectivity index (χ0n) is 9.61. The summed E-state index contributed by atoms with van der Waals surface area (Å²) in [5.74, 6) is 0.749. The molecule has 4 heteroatoms. The molecular formula is C13H12BrClN2. The van der Waals surface area contributed by atoms with Crippen molar-refractivity contribution in [2.75, 3.05) is 11.9 Å². The zero-order valence-corrected chi connectivity index (χ0v) is 12.0. The molecule has 0 saturated heterocycles. The van der Waals surface area contributed by atoms with E-state index < -0.39 is 0 Å². The van der Waals surface area contributed by atoms with Crippen molar-refractivity contribution < 1.29 is 0 Å². The minimum absolute atomic E-state index is 0.627. The summed E-state index contributed by atoms with van der Waals surface area (Å²) in [6.45, 7) is 2.06. The summed E-state index contributed by atoms with van der Waals surface area (Å²) in [5, 5.41) is 0.627. The average Bonchev–Trinajstić information content (AvgIpc) is 2.29. The number of benzene rings is 1. The number of aromatic nitrogens is 1. The van der Waals surface area contributed by atoms with Crippen molar-refractivity contribution in [2.24, 2.45) is 0 Å². The molecular weight excluding hydrogens is 300 g/mol. The highest BCUT2D eigenvalue weighted by Gasteiger charge is 2.09. The van der Waals surface area contributed by atoms with E-state index in [1.807, 2.05) is 18.0 Å². The molecule has 0 aliphatic rings. The number of nitrogens with zero attached hydrogens (tertiary/aromatic N) is 2. The van der Waals surface area contributed by atoms with Crippen LogP contribution in [0.3, 0.4) is 0 Å². The van der Waals surface area contributed by atoms with Gasteiger partial charge in [-0.2, -0.15) is 0 Å². The second-order valence-electron chi connectivity index (χ2n) is 3.85. The summed E-state index contributed by atoms with van der Waals surface area (Å²) in [5.41, 5.74) is 2.30. The predicted octanol–water partition coefficient (Wildman–Crippen LogP) is 4.57. The molecule has 0 amide bonds. The van der Waals surface area contributed by atoms with E-state index in [-0.39, 0.29) is 0 Å². The third-order valence-electron chi connectivity index (χ3n) is 2.53. The van der Waals surface area contributed by atoms with E-state index in [0.717, 1.165) is 16.0 Å². The van der Waals surface area contributed by atoms with E-state index in [4.69, 9.17) is 11.6 Å². The van der Waals surface area contributed by atoms with Gasteiger partial charge in [0.25, 0.3) is 0 Å². The van der Waals surface area contributed by atoms with Gasteiger partial charge in [0.2, 0.25) is 0 Å². The molecule has 0 unspecified atom stereocenters. The third kappa shape index (κ3) is 2.79. The Kier molecular flexibility index (Phi) is 3.69. The summed E-state index contributed by atoms with van der Waals surface area (Å²) < 4.78 is 0.878. The Balaban J connectivity index is 2.36. The fraction of sp³-hybridized carbons (Fsp3) is 0.154. The molecule has 1 aromatic carbocycles. The maximum Gasteiger partial charge on any atom is 0.151 e. The van der Waals surface area contributed by atoms with E-state index in [0.29, 0.717) is 5.02 Å². The van der Waals surface area contributed by atoms with Crippen LogP contribution < -0.4 is 4.90 Å². The van der Waals surface area contributed by atoms with Crippen LogP contribution in [0.25, 0.3) is 0 Å². The van der Waals surface area contributed by atoms with Crippen molar-refractivity contribution in [1.82, 2.24) is 4.98 Å². The van der Waals surface area contributed by atoms with Crippen LogP contribution >= 0.6 is 27.5 Å². The highest BCUT2D eigenvalue weighted by atomic mass is 79.9. The molecule has 0 spiro atoms. The van der Waals surface area contributed by atoms with Crippen LogP contribution in [0.15, 0.2) is 41.0 Å². The topological polar surface area (TPSA) is 16.1 Å². The van der Waals surface area contributed by atoms with Crippen molar-refractivity contribution in [3.63, 3.8) is 0 Å². The number of pyridine rings is 1. The van der Waals surface area contributed by atoms with Crippen molar-refractivity contribution in [1.29, 1.82) is 0 Å². The van der Waals surface area contributed by atoms with Crippen LogP contribution in [0.4, 0.5) is 11.5 Å². The fourth-order valence-corrected chi connectivity index (χ4v) is 2.30. The number of aryl methyl sites for hydroxylation is 1. The van der Waals surface area contributed by atoms with Gasteiger partial charge in [0.1, 0.15) is 0 Å². The van der Waals surface area contributed by atoms with E-state index in [9.17, 15) is 0 Å². The van der Waals surface area contributed by atoms with E-state index in [1.54, 1.807) is 6.20 Å². The summed E-state index contributed by atoms with van der Waals surface area (Å²) in [7, 11) is 1.95. The molecule has 0 aliphatic heterocycles. The van der Waals surface area contributed by atoms with E-state index in [2.05, 4.69) is 52.1 Å². The minimum atomic E-state index is 0.627. The Morgan fingerprint density at radius 1 is 1.24 bits per heavy atom. The van der Waals surface area contributed by atoms with Crippen LogP contribution in [0.1, 0.15) is 5.56 Å². The van der Waals surface area contributed by atoms with Gasteiger partial charge < -0.3 is 4.90 Å². The number of hydrogen-bond acceptors (Lipinski definition) is 2. The van der Waals surface area contributed by atoms with Crippen LogP contribution in [-0.2, 0) is 0 Å². The Morgan fingerprint density at radius 3 is 2.47 bits per heavy atom. The number of anilines is 2. The molecule has 2 aromatic rings. The maximum absolute atomic E-state index is 6.17. The highest BCUT2D eigenvalue weighted by molar-refractivity contribution is 9.10. The summed E-state index contributed by atoms with van der Waals surface area (Å²) >= 11 is 9.52. The van der Waals surface area contributed by atoms with Crippen molar-refractivity contribution >= 4 is 39.0 Å². The molecule has 2 rings (SSSR count). The van der Waals surface area contributed by atoms with Gasteiger partial charge in [-0.15, -0.1) is 0 Å². The standard InChI is InChI=1S/C13H12BrClN2/c1-9-3-5-11(6-4-9)17(2)13-12(15)7-10(14)8-16-13/h3-8H,1-2H3. The lowest BCUT2D eigenvalue weighted by Gasteiger charge is -2.19. The molecule has 2 nitrogen and oxygen atoms in total. The first-order valence-corrected chi connectivity index (χ1v) is 6.36. The molecule has 0 N–H and O–H groups in total.